The number of carbonyl (C=O) groups excluding carboxylic acids is 5. The van der Waals surface area contributed by atoms with Crippen molar-refractivity contribution in [2.45, 2.75) is 229 Å². The van der Waals surface area contributed by atoms with Crippen molar-refractivity contribution in [1.29, 1.82) is 0 Å². The van der Waals surface area contributed by atoms with E-state index in [0.717, 1.165) is 109 Å². The summed E-state index contributed by atoms with van der Waals surface area (Å²) >= 11 is 0. The van der Waals surface area contributed by atoms with Crippen LogP contribution in [0.25, 0.3) is 0 Å². The minimum Gasteiger partial charge on any atom is -0.461 e. The molecule has 0 aromatic heterocycles. The molecule has 20 atom stereocenters. The number of aliphatic hydroxyl groups is 3. The van der Waals surface area contributed by atoms with Crippen LogP contribution in [0.2, 0.25) is 0 Å². The molecule has 13 rings (SSSR count). The fourth-order valence-electron chi connectivity index (χ4n) is 18.5. The van der Waals surface area contributed by atoms with E-state index in [1.54, 1.807) is 6.92 Å². The Bertz CT molecular complexity index is 2680. The highest BCUT2D eigenvalue weighted by atomic mass is 16.6. The fraction of sp³-hybridized carbons (Fsp3) is 0.776. The molecule has 16 nitrogen and oxygen atoms in total. The van der Waals surface area contributed by atoms with Gasteiger partial charge < -0.3 is 53.5 Å². The van der Waals surface area contributed by atoms with Gasteiger partial charge in [-0.15, -0.1) is 0 Å². The van der Waals surface area contributed by atoms with E-state index in [1.807, 2.05) is 55.9 Å². The quantitative estimate of drug-likeness (QED) is 0.0746. The van der Waals surface area contributed by atoms with Crippen molar-refractivity contribution in [2.24, 2.45) is 59.2 Å². The Kier molecular flexibility index (Phi) is 16.5. The Morgan fingerprint density at radius 1 is 0.554 bits per heavy atom. The number of hydrogen-bond acceptors (Lipinski definition) is 16. The highest BCUT2D eigenvalue weighted by Gasteiger charge is 2.80. The molecule has 5 aliphatic heterocycles. The summed E-state index contributed by atoms with van der Waals surface area (Å²) in [5.41, 5.74) is 6.03. The van der Waals surface area contributed by atoms with E-state index in [9.17, 15) is 39.3 Å². The number of carbonyl (C=O) groups is 5. The van der Waals surface area contributed by atoms with E-state index in [4.69, 9.17) is 28.4 Å². The topological polar surface area (TPSA) is 211 Å². The summed E-state index contributed by atoms with van der Waals surface area (Å²) in [6, 6.07) is 0. The maximum Gasteiger partial charge on any atom is 0.334 e. The van der Waals surface area contributed by atoms with Crippen LogP contribution >= 0.6 is 0 Å². The predicted molar refractivity (Wildman–Crippen MR) is 311 cm³/mol. The third-order valence-electron chi connectivity index (χ3n) is 23.1. The molecule has 5 heterocycles. The molecule has 10 fully saturated rings. The van der Waals surface area contributed by atoms with Crippen LogP contribution in [-0.4, -0.2) is 154 Å². The molecule has 8 aliphatic carbocycles. The lowest BCUT2D eigenvalue weighted by atomic mass is 9.76. The average molecular weight is 1160 g/mol. The summed E-state index contributed by atoms with van der Waals surface area (Å²) in [5.74, 6) is -0.588. The third-order valence-corrected chi connectivity index (χ3v) is 23.1. The Balaban J connectivity index is 0.000000124. The van der Waals surface area contributed by atoms with Crippen molar-refractivity contribution in [2.75, 3.05) is 41.3 Å². The van der Waals surface area contributed by atoms with Gasteiger partial charge in [-0.05, 0) is 186 Å². The molecule has 5 saturated heterocycles. The molecule has 16 heteroatoms. The number of epoxide rings is 1. The van der Waals surface area contributed by atoms with Gasteiger partial charge in [0, 0.05) is 66.2 Å². The molecule has 0 radical (unpaired) electrons. The zero-order valence-corrected chi connectivity index (χ0v) is 52.2. The predicted octanol–water partition coefficient (Wildman–Crippen LogP) is 8.84. The molecular formula is C67H98N2O14. The maximum atomic E-state index is 12.3. The summed E-state index contributed by atoms with van der Waals surface area (Å²) in [4.78, 5) is 64.4. The fourth-order valence-corrected chi connectivity index (χ4v) is 18.5. The smallest absolute Gasteiger partial charge is 0.334 e. The number of allylic oxidation sites excluding steroid dienone is 3. The van der Waals surface area contributed by atoms with Crippen LogP contribution in [0.4, 0.5) is 0 Å². The monoisotopic (exact) mass is 1150 g/mol. The maximum absolute atomic E-state index is 12.3. The van der Waals surface area contributed by atoms with Gasteiger partial charge in [0.1, 0.15) is 35.6 Å². The van der Waals surface area contributed by atoms with Crippen LogP contribution in [-0.2, 0) is 52.4 Å². The van der Waals surface area contributed by atoms with Crippen molar-refractivity contribution in [3.63, 3.8) is 0 Å². The minimum atomic E-state index is -0.823. The van der Waals surface area contributed by atoms with Gasteiger partial charge in [-0.1, -0.05) is 53.5 Å². The van der Waals surface area contributed by atoms with Crippen molar-refractivity contribution in [3.05, 3.63) is 57.7 Å². The Morgan fingerprint density at radius 2 is 1.00 bits per heavy atom. The van der Waals surface area contributed by atoms with E-state index >= 15 is 0 Å². The molecule has 83 heavy (non-hydrogen) atoms. The van der Waals surface area contributed by atoms with Gasteiger partial charge >= 0.3 is 29.8 Å². The first-order valence-corrected chi connectivity index (χ1v) is 31.4. The molecule has 1 spiro atoms. The lowest BCUT2D eigenvalue weighted by molar-refractivity contribution is -0.167. The van der Waals surface area contributed by atoms with Crippen LogP contribution in [0.1, 0.15) is 171 Å². The Labute approximate surface area is 493 Å². The summed E-state index contributed by atoms with van der Waals surface area (Å²) in [6.45, 7) is 27.4. The molecule has 0 unspecified atom stereocenters. The molecule has 0 bridgehead atoms. The van der Waals surface area contributed by atoms with Crippen molar-refractivity contribution in [3.8, 4) is 0 Å². The SMILES string of the molecule is C=C1C(=O)O[C@H]2[C@H]1CCC(C)=C1CC[C@@](C)(OC(=O)CC)[C@@H]12.C=C1C(=O)O[C@H]2[C@H]1CC[C@]1(C)O[C@@]13CC[C@@](C)(O)[C@H]23.CC1=C2CC[C@@](C)(O)[C@@H]2[C@H]2OC(=O)[C@@H](CN(C)C)[C@@H]2CC1.CC1=C2CC[C@@](C)(O)[C@@H]2[C@H]2OC(=O)[C@@H](CN(C)C)[C@@H]2CC1. The largest absolute Gasteiger partial charge is 0.461 e. The molecular weight excluding hydrogens is 1060 g/mol. The highest BCUT2D eigenvalue weighted by Crippen LogP contribution is 2.70. The number of ether oxygens (including phenoxy) is 6. The minimum absolute atomic E-state index is 0.00103. The van der Waals surface area contributed by atoms with Gasteiger partial charge in [-0.2, -0.15) is 0 Å². The Hall–Kier alpha value is -4.19. The zero-order chi connectivity index (χ0) is 60.4. The van der Waals surface area contributed by atoms with E-state index in [2.05, 4.69) is 50.7 Å². The van der Waals surface area contributed by atoms with Gasteiger partial charge in [0.05, 0.1) is 46.1 Å². The van der Waals surface area contributed by atoms with Crippen LogP contribution in [0.5, 0.6) is 0 Å². The molecule has 460 valence electrons. The number of nitrogens with zero attached hydrogens (tertiary/aromatic N) is 2. The Morgan fingerprint density at radius 3 is 1.48 bits per heavy atom. The van der Waals surface area contributed by atoms with E-state index in [-0.39, 0.29) is 125 Å². The number of rotatable bonds is 6. The van der Waals surface area contributed by atoms with E-state index in [0.29, 0.717) is 24.0 Å². The molecule has 0 aromatic carbocycles. The second-order valence-corrected chi connectivity index (χ2v) is 29.3. The van der Waals surface area contributed by atoms with E-state index in [1.165, 1.54) is 33.4 Å². The summed E-state index contributed by atoms with van der Waals surface area (Å²) in [7, 11) is 7.99. The van der Waals surface area contributed by atoms with Gasteiger partial charge in [0.15, 0.2) is 0 Å². The first-order chi connectivity index (χ1) is 38.8. The first kappa shape index (κ1) is 61.9. The molecule has 0 aromatic rings. The molecule has 13 aliphatic rings. The van der Waals surface area contributed by atoms with Gasteiger partial charge in [0.25, 0.3) is 0 Å². The zero-order valence-electron chi connectivity index (χ0n) is 52.2. The van der Waals surface area contributed by atoms with Crippen LogP contribution in [0.3, 0.4) is 0 Å². The molecule has 3 N–H and O–H groups in total. The molecule has 0 amide bonds. The second-order valence-electron chi connectivity index (χ2n) is 29.3. The second kappa shape index (κ2) is 22.2. The third kappa shape index (κ3) is 10.8. The van der Waals surface area contributed by atoms with Crippen molar-refractivity contribution in [1.82, 2.24) is 9.80 Å². The number of esters is 5. The normalized spacial score (nSPS) is 45.1. The van der Waals surface area contributed by atoms with Crippen LogP contribution < -0.4 is 0 Å². The van der Waals surface area contributed by atoms with Gasteiger partial charge in [0.2, 0.25) is 0 Å². The number of fused-ring (bicyclic) bond motifs is 11. The van der Waals surface area contributed by atoms with E-state index < -0.39 is 22.4 Å². The average Bonchev–Trinajstić information content (AvgIpc) is 1.51. The van der Waals surface area contributed by atoms with Crippen molar-refractivity contribution >= 4 is 29.8 Å². The van der Waals surface area contributed by atoms with Crippen LogP contribution in [0.15, 0.2) is 57.7 Å². The summed E-state index contributed by atoms with van der Waals surface area (Å²) in [5, 5.41) is 32.3. The number of hydrogen-bond donors (Lipinski definition) is 3. The lowest BCUT2D eigenvalue weighted by Crippen LogP contribution is -2.46. The molecule has 5 saturated carbocycles. The standard InChI is InChI=1S/C18H24O4.2C17H27NO3.C15H20O4/c1-5-14(19)22-18(4)9-8-12-10(2)6-7-13-11(3)17(20)21-16(13)15(12)18;2*1-10-5-6-12-13(9-18(3)4)16(19)21-15(12)14-11(10)7-8-17(14,2)20;1-8-9-4-5-14(3)15(19-14)7-6-13(2,17)11(15)10(9)18-12(8)16/h13,15-16H,3,5-9H2,1-2,4H3;2*12-15,20H,5-9H2,1-4H3;9-11,17H,1,4-7H2,2-3H3/t13-,15-,16-,18+;2*12-,13-,14-,15-,17+;9-,10-,11-,13+,14-,15+/m0000/s1. The highest BCUT2D eigenvalue weighted by molar-refractivity contribution is 5.91. The van der Waals surface area contributed by atoms with Gasteiger partial charge in [-0.25, -0.2) is 9.59 Å². The van der Waals surface area contributed by atoms with Crippen LogP contribution in [0, 0.1) is 59.2 Å². The lowest BCUT2D eigenvalue weighted by Gasteiger charge is -2.36. The summed E-state index contributed by atoms with van der Waals surface area (Å²) < 4.78 is 34.7. The van der Waals surface area contributed by atoms with Gasteiger partial charge in [-0.3, -0.25) is 14.4 Å². The summed E-state index contributed by atoms with van der Waals surface area (Å²) in [6.07, 6.45) is 14.0. The first-order valence-electron chi connectivity index (χ1n) is 31.4. The van der Waals surface area contributed by atoms with Crippen molar-refractivity contribution < 1.29 is 67.7 Å².